The Labute approximate surface area is 123 Å². The van der Waals surface area contributed by atoms with Crippen LogP contribution in [0.3, 0.4) is 0 Å². The Balaban J connectivity index is 1.69. The van der Waals surface area contributed by atoms with E-state index >= 15 is 0 Å². The van der Waals surface area contributed by atoms with Crippen molar-refractivity contribution in [3.05, 3.63) is 53.5 Å². The molecule has 0 saturated heterocycles. The SMILES string of the molecule is Cc1cnn(Cc2oc3ccccc3c2CNC2CC2)c1. The Morgan fingerprint density at radius 3 is 2.95 bits per heavy atom. The predicted octanol–water partition coefficient (Wildman–Crippen LogP) is 3.24. The highest BCUT2D eigenvalue weighted by Crippen LogP contribution is 2.28. The summed E-state index contributed by atoms with van der Waals surface area (Å²) in [7, 11) is 0. The largest absolute Gasteiger partial charge is 0.459 e. The van der Waals surface area contributed by atoms with Gasteiger partial charge in [-0.25, -0.2) is 0 Å². The fraction of sp³-hybridized carbons (Fsp3) is 0.353. The summed E-state index contributed by atoms with van der Waals surface area (Å²) in [4.78, 5) is 0. The van der Waals surface area contributed by atoms with E-state index in [0.717, 1.165) is 17.9 Å². The Kier molecular flexibility index (Phi) is 3.04. The van der Waals surface area contributed by atoms with E-state index in [1.54, 1.807) is 0 Å². The number of nitrogens with zero attached hydrogens (tertiary/aromatic N) is 2. The van der Waals surface area contributed by atoms with Crippen molar-refractivity contribution in [3.63, 3.8) is 0 Å². The molecule has 0 spiro atoms. The molecule has 2 heterocycles. The van der Waals surface area contributed by atoms with Crippen LogP contribution in [0.2, 0.25) is 0 Å². The summed E-state index contributed by atoms with van der Waals surface area (Å²) >= 11 is 0. The highest BCUT2D eigenvalue weighted by molar-refractivity contribution is 5.82. The molecule has 0 unspecified atom stereocenters. The van der Waals surface area contributed by atoms with Crippen LogP contribution in [0.5, 0.6) is 0 Å². The molecule has 0 atom stereocenters. The van der Waals surface area contributed by atoms with Gasteiger partial charge in [-0.3, -0.25) is 4.68 Å². The standard InChI is InChI=1S/C17H19N3O/c1-12-8-19-20(10-12)11-17-15(9-18-13-6-7-13)14-4-2-3-5-16(14)21-17/h2-5,8,10,13,18H,6-7,9,11H2,1H3. The highest BCUT2D eigenvalue weighted by atomic mass is 16.3. The number of furan rings is 1. The third kappa shape index (κ3) is 2.59. The maximum Gasteiger partial charge on any atom is 0.134 e. The van der Waals surface area contributed by atoms with Gasteiger partial charge in [0.1, 0.15) is 11.3 Å². The molecule has 2 aromatic heterocycles. The fourth-order valence-corrected chi connectivity index (χ4v) is 2.71. The lowest BCUT2D eigenvalue weighted by Crippen LogP contribution is -2.16. The zero-order valence-corrected chi connectivity index (χ0v) is 12.2. The third-order valence-corrected chi connectivity index (χ3v) is 3.99. The number of para-hydroxylation sites is 1. The molecule has 0 amide bonds. The maximum atomic E-state index is 6.06. The molecule has 4 nitrogen and oxygen atoms in total. The van der Waals surface area contributed by atoms with Crippen molar-refractivity contribution in [1.29, 1.82) is 0 Å². The first kappa shape index (κ1) is 12.7. The van der Waals surface area contributed by atoms with Crippen LogP contribution in [-0.4, -0.2) is 15.8 Å². The minimum Gasteiger partial charge on any atom is -0.459 e. The predicted molar refractivity (Wildman–Crippen MR) is 82.1 cm³/mol. The highest BCUT2D eigenvalue weighted by Gasteiger charge is 2.22. The van der Waals surface area contributed by atoms with Crippen LogP contribution in [0.25, 0.3) is 11.0 Å². The lowest BCUT2D eigenvalue weighted by atomic mass is 10.1. The molecule has 1 saturated carbocycles. The zero-order valence-electron chi connectivity index (χ0n) is 12.2. The Bertz CT molecular complexity index is 767. The maximum absolute atomic E-state index is 6.06. The van der Waals surface area contributed by atoms with E-state index in [0.29, 0.717) is 12.6 Å². The summed E-state index contributed by atoms with van der Waals surface area (Å²) in [6.07, 6.45) is 6.52. The van der Waals surface area contributed by atoms with E-state index < -0.39 is 0 Å². The number of benzene rings is 1. The number of fused-ring (bicyclic) bond motifs is 1. The van der Waals surface area contributed by atoms with Crippen molar-refractivity contribution in [2.75, 3.05) is 0 Å². The fourth-order valence-electron chi connectivity index (χ4n) is 2.71. The zero-order chi connectivity index (χ0) is 14.2. The average Bonchev–Trinajstić information content (AvgIpc) is 3.13. The van der Waals surface area contributed by atoms with Gasteiger partial charge in [-0.2, -0.15) is 5.10 Å². The number of aryl methyl sites for hydroxylation is 1. The summed E-state index contributed by atoms with van der Waals surface area (Å²) in [5, 5.41) is 9.17. The monoisotopic (exact) mass is 281 g/mol. The molecular formula is C17H19N3O. The van der Waals surface area contributed by atoms with Gasteiger partial charge in [-0.1, -0.05) is 18.2 Å². The van der Waals surface area contributed by atoms with Gasteiger partial charge in [0.05, 0.1) is 12.7 Å². The number of nitrogens with one attached hydrogen (secondary N) is 1. The molecule has 0 radical (unpaired) electrons. The lowest BCUT2D eigenvalue weighted by Gasteiger charge is -2.05. The summed E-state index contributed by atoms with van der Waals surface area (Å²) < 4.78 is 8.00. The van der Waals surface area contributed by atoms with Gasteiger partial charge in [-0.05, 0) is 31.4 Å². The van der Waals surface area contributed by atoms with Crippen LogP contribution in [0.15, 0.2) is 41.1 Å². The van der Waals surface area contributed by atoms with Crippen molar-refractivity contribution in [1.82, 2.24) is 15.1 Å². The number of hydrogen-bond acceptors (Lipinski definition) is 3. The van der Waals surface area contributed by atoms with E-state index in [-0.39, 0.29) is 0 Å². The van der Waals surface area contributed by atoms with Gasteiger partial charge in [-0.15, -0.1) is 0 Å². The van der Waals surface area contributed by atoms with Gasteiger partial charge >= 0.3 is 0 Å². The Morgan fingerprint density at radius 2 is 2.19 bits per heavy atom. The Morgan fingerprint density at radius 1 is 1.33 bits per heavy atom. The molecule has 1 fully saturated rings. The first-order valence-corrected chi connectivity index (χ1v) is 7.51. The molecule has 0 aliphatic heterocycles. The first-order valence-electron chi connectivity index (χ1n) is 7.51. The van der Waals surface area contributed by atoms with Crippen molar-refractivity contribution < 1.29 is 4.42 Å². The quantitative estimate of drug-likeness (QED) is 0.780. The van der Waals surface area contributed by atoms with E-state index in [4.69, 9.17) is 4.42 Å². The molecular weight excluding hydrogens is 262 g/mol. The second-order valence-corrected chi connectivity index (χ2v) is 5.87. The molecule has 21 heavy (non-hydrogen) atoms. The molecule has 108 valence electrons. The van der Waals surface area contributed by atoms with Crippen molar-refractivity contribution >= 4 is 11.0 Å². The molecule has 3 aromatic rings. The third-order valence-electron chi connectivity index (χ3n) is 3.99. The van der Waals surface area contributed by atoms with Crippen LogP contribution in [0.1, 0.15) is 29.7 Å². The summed E-state index contributed by atoms with van der Waals surface area (Å²) in [5.41, 5.74) is 3.40. The number of aromatic nitrogens is 2. The van der Waals surface area contributed by atoms with Crippen molar-refractivity contribution in [2.45, 2.75) is 38.9 Å². The van der Waals surface area contributed by atoms with Gasteiger partial charge in [0.15, 0.2) is 0 Å². The minimum atomic E-state index is 0.685. The van der Waals surface area contributed by atoms with Crippen molar-refractivity contribution in [3.8, 4) is 0 Å². The van der Waals surface area contributed by atoms with Crippen LogP contribution >= 0.6 is 0 Å². The van der Waals surface area contributed by atoms with Gasteiger partial charge in [0.25, 0.3) is 0 Å². The first-order chi connectivity index (χ1) is 10.3. The molecule has 4 heteroatoms. The smallest absolute Gasteiger partial charge is 0.134 e. The summed E-state index contributed by atoms with van der Waals surface area (Å²) in [6, 6.07) is 8.96. The van der Waals surface area contributed by atoms with Crippen LogP contribution in [0.4, 0.5) is 0 Å². The minimum absolute atomic E-state index is 0.685. The van der Waals surface area contributed by atoms with Crippen LogP contribution < -0.4 is 5.32 Å². The Hall–Kier alpha value is -2.07. The lowest BCUT2D eigenvalue weighted by molar-refractivity contribution is 0.499. The van der Waals surface area contributed by atoms with Crippen LogP contribution in [0, 0.1) is 6.92 Å². The number of hydrogen-bond donors (Lipinski definition) is 1. The van der Waals surface area contributed by atoms with E-state index in [9.17, 15) is 0 Å². The summed E-state index contributed by atoms with van der Waals surface area (Å²) in [6.45, 7) is 3.61. The molecule has 1 N–H and O–H groups in total. The second kappa shape index (κ2) is 5.04. The average molecular weight is 281 g/mol. The van der Waals surface area contributed by atoms with Crippen molar-refractivity contribution in [2.24, 2.45) is 0 Å². The van der Waals surface area contributed by atoms with Gasteiger partial charge in [0, 0.05) is 29.7 Å². The van der Waals surface area contributed by atoms with Gasteiger partial charge in [0.2, 0.25) is 0 Å². The van der Waals surface area contributed by atoms with E-state index in [1.165, 1.54) is 29.4 Å². The van der Waals surface area contributed by atoms with Gasteiger partial charge < -0.3 is 9.73 Å². The topological polar surface area (TPSA) is 43.0 Å². The molecule has 4 rings (SSSR count). The second-order valence-electron chi connectivity index (χ2n) is 5.87. The van der Waals surface area contributed by atoms with E-state index in [1.807, 2.05) is 29.2 Å². The molecule has 1 aliphatic carbocycles. The normalized spacial score (nSPS) is 14.9. The number of rotatable bonds is 5. The molecule has 1 aromatic carbocycles. The van der Waals surface area contributed by atoms with Crippen LogP contribution in [-0.2, 0) is 13.1 Å². The van der Waals surface area contributed by atoms with E-state index in [2.05, 4.69) is 29.5 Å². The molecule has 1 aliphatic rings. The summed E-state index contributed by atoms with van der Waals surface area (Å²) in [5.74, 6) is 1.01. The molecule has 0 bridgehead atoms.